The molecule has 27 heavy (non-hydrogen) atoms. The first kappa shape index (κ1) is 21.8. The van der Waals surface area contributed by atoms with Gasteiger partial charge in [0, 0.05) is 18.9 Å². The molecule has 0 bridgehead atoms. The summed E-state index contributed by atoms with van der Waals surface area (Å²) in [5.41, 5.74) is 9.98. The average molecular weight is 367 g/mol. The first-order valence-corrected chi connectivity index (χ1v) is 8.85. The molecule has 0 saturated carbocycles. The Hall–Kier alpha value is -1.45. The number of hydrogen-bond donors (Lipinski definition) is 1. The monoisotopic (exact) mass is 367 g/mol. The van der Waals surface area contributed by atoms with Gasteiger partial charge in [0.05, 0.1) is 0 Å². The second-order valence-electron chi connectivity index (χ2n) is 6.91. The fourth-order valence-electron chi connectivity index (χ4n) is 3.77. The number of hydrogen-bond acceptors (Lipinski definition) is 2. The van der Waals surface area contributed by atoms with Crippen LogP contribution in [0.15, 0.2) is 84.9 Å². The van der Waals surface area contributed by atoms with Gasteiger partial charge in [0.15, 0.2) is 0 Å². The van der Waals surface area contributed by atoms with E-state index in [0.29, 0.717) is 0 Å². The molecule has 1 aliphatic rings. The Morgan fingerprint density at radius 3 is 1.85 bits per heavy atom. The van der Waals surface area contributed by atoms with Crippen molar-refractivity contribution in [2.24, 2.45) is 5.73 Å². The van der Waals surface area contributed by atoms with E-state index < -0.39 is 5.60 Å². The van der Waals surface area contributed by atoms with Crippen LogP contribution in [0.5, 0.6) is 5.75 Å². The summed E-state index contributed by atoms with van der Waals surface area (Å²) >= 11 is 0. The molecule has 0 saturated heterocycles. The van der Waals surface area contributed by atoms with Gasteiger partial charge in [0.1, 0.15) is 11.4 Å². The molecule has 1 aliphatic heterocycles. The van der Waals surface area contributed by atoms with Crippen LogP contribution >= 0.6 is 0 Å². The van der Waals surface area contributed by atoms with Gasteiger partial charge in [-0.1, -0.05) is 78.9 Å². The number of rotatable bonds is 4. The maximum Gasteiger partial charge on any atom is 3.00 e. The number of fused-ring (bicyclic) bond motifs is 1. The van der Waals surface area contributed by atoms with Crippen LogP contribution in [0.4, 0.5) is 0 Å². The fourth-order valence-corrected chi connectivity index (χ4v) is 3.77. The number of para-hydroxylation sites is 1. The molecular weight excluding hydrogens is 340 g/mol. The summed E-state index contributed by atoms with van der Waals surface area (Å²) in [5, 5.41) is 0. The first-order valence-electron chi connectivity index (χ1n) is 8.85. The first-order chi connectivity index (χ1) is 12.3. The smallest absolute Gasteiger partial charge is 1.00 e. The van der Waals surface area contributed by atoms with Crippen molar-refractivity contribution in [1.29, 1.82) is 0 Å². The van der Waals surface area contributed by atoms with Crippen LogP contribution in [0.25, 0.3) is 0 Å². The van der Waals surface area contributed by atoms with Crippen molar-refractivity contribution < 1.29 is 29.3 Å². The van der Waals surface area contributed by atoms with Gasteiger partial charge in [0.25, 0.3) is 0 Å². The molecule has 1 atom stereocenters. The molecule has 0 fully saturated rings. The predicted octanol–water partition coefficient (Wildman–Crippen LogP) is 1.25. The number of benzene rings is 3. The van der Waals surface area contributed by atoms with Gasteiger partial charge >= 0.3 is 36.2 Å². The van der Waals surface area contributed by atoms with Crippen LogP contribution < -0.4 is 29.3 Å². The van der Waals surface area contributed by atoms with Crippen molar-refractivity contribution in [2.45, 2.75) is 30.9 Å². The summed E-state index contributed by atoms with van der Waals surface area (Å²) in [7, 11) is 0. The van der Waals surface area contributed by atoms with Crippen LogP contribution in [0.2, 0.25) is 0 Å². The molecule has 1 heterocycles. The molecule has 4 rings (SSSR count). The van der Waals surface area contributed by atoms with E-state index in [2.05, 4.69) is 66.7 Å². The van der Waals surface area contributed by atoms with E-state index >= 15 is 0 Å². The normalized spacial score (nSPS) is 16.9. The molecule has 134 valence electrons. The minimum Gasteiger partial charge on any atom is -1.00 e. The second kappa shape index (κ2) is 9.66. The van der Waals surface area contributed by atoms with Gasteiger partial charge in [-0.3, -0.25) is 0 Å². The van der Waals surface area contributed by atoms with Crippen molar-refractivity contribution in [2.75, 3.05) is 0 Å². The third-order valence-electron chi connectivity index (χ3n) is 5.09. The molecule has 0 aromatic heterocycles. The Balaban J connectivity index is -0.00000131. The van der Waals surface area contributed by atoms with E-state index in [9.17, 15) is 0 Å². The Morgan fingerprint density at radius 1 is 0.815 bits per heavy atom. The molecule has 0 amide bonds. The zero-order chi connectivity index (χ0) is 17.1. The Kier molecular flexibility index (Phi) is 7.81. The maximum absolute atomic E-state index is 6.70. The number of nitrogens with two attached hydrogens (primary N) is 1. The standard InChI is InChI=1S/C23H23NO.Al.Li.4H/c24-22-15-20-13-7-8-14-21(20)25-23(22,16-18-9-3-1-4-10-18)17-19-11-5-2-6-12-19;;;;;;/h1-14,22H,15-17,24H2;;;;;;/q;+3;+1;4*-1. The Morgan fingerprint density at radius 2 is 1.30 bits per heavy atom. The topological polar surface area (TPSA) is 35.2 Å². The quantitative estimate of drug-likeness (QED) is 0.705. The third kappa shape index (κ3) is 4.89. The van der Waals surface area contributed by atoms with Gasteiger partial charge in [-0.15, -0.1) is 0 Å². The van der Waals surface area contributed by atoms with Crippen LogP contribution in [-0.2, 0) is 19.3 Å². The van der Waals surface area contributed by atoms with E-state index in [4.69, 9.17) is 10.5 Å². The average Bonchev–Trinajstić information content (AvgIpc) is 2.64. The van der Waals surface area contributed by atoms with Crippen molar-refractivity contribution in [3.8, 4) is 5.75 Å². The van der Waals surface area contributed by atoms with E-state index in [1.54, 1.807) is 0 Å². The van der Waals surface area contributed by atoms with Crippen LogP contribution in [0, 0.1) is 0 Å². The number of ether oxygens (including phenoxy) is 1. The zero-order valence-electron chi connectivity index (χ0n) is 19.8. The van der Waals surface area contributed by atoms with Gasteiger partial charge in [-0.05, 0) is 29.2 Å². The molecule has 3 aromatic carbocycles. The zero-order valence-corrected chi connectivity index (χ0v) is 17.0. The van der Waals surface area contributed by atoms with Crippen molar-refractivity contribution in [3.63, 3.8) is 0 Å². The van der Waals surface area contributed by atoms with Gasteiger partial charge in [-0.2, -0.15) is 0 Å². The van der Waals surface area contributed by atoms with Gasteiger partial charge in [-0.25, -0.2) is 0 Å². The van der Waals surface area contributed by atoms with Crippen molar-refractivity contribution in [1.82, 2.24) is 0 Å². The largest absolute Gasteiger partial charge is 3.00 e. The van der Waals surface area contributed by atoms with Gasteiger partial charge < -0.3 is 16.2 Å². The van der Waals surface area contributed by atoms with E-state index in [1.807, 2.05) is 18.2 Å². The molecule has 2 N–H and O–H groups in total. The van der Waals surface area contributed by atoms with Crippen LogP contribution in [0.1, 0.15) is 22.4 Å². The Bertz CT molecular complexity index is 817. The van der Waals surface area contributed by atoms with Crippen molar-refractivity contribution >= 4 is 17.4 Å². The molecule has 0 aliphatic carbocycles. The minimum absolute atomic E-state index is 0. The minimum atomic E-state index is -0.433. The summed E-state index contributed by atoms with van der Waals surface area (Å²) in [6, 6.07) is 29.2. The summed E-state index contributed by atoms with van der Waals surface area (Å²) in [6.45, 7) is 0. The summed E-state index contributed by atoms with van der Waals surface area (Å²) in [6.07, 6.45) is 2.45. The summed E-state index contributed by atoms with van der Waals surface area (Å²) in [4.78, 5) is 0. The molecule has 1 unspecified atom stereocenters. The predicted molar refractivity (Wildman–Crippen MR) is 112 cm³/mol. The maximum atomic E-state index is 6.70. The molecule has 4 heteroatoms. The fraction of sp³-hybridized carbons (Fsp3) is 0.217. The molecule has 2 nitrogen and oxygen atoms in total. The molecule has 3 aromatic rings. The SMILES string of the molecule is NC1Cc2ccccc2OC1(Cc1ccccc1)Cc1ccccc1.[Al+3].[H-].[H-].[H-].[H-].[Li+]. The Labute approximate surface area is 190 Å². The van der Waals surface area contributed by atoms with Crippen LogP contribution in [0.3, 0.4) is 0 Å². The molecule has 0 spiro atoms. The van der Waals surface area contributed by atoms with Crippen molar-refractivity contribution in [3.05, 3.63) is 102 Å². The van der Waals surface area contributed by atoms with E-state index in [1.165, 1.54) is 16.7 Å². The second-order valence-corrected chi connectivity index (χ2v) is 6.91. The van der Waals surface area contributed by atoms with Gasteiger partial charge in [0.2, 0.25) is 0 Å². The van der Waals surface area contributed by atoms with Crippen LogP contribution in [-0.4, -0.2) is 29.0 Å². The van der Waals surface area contributed by atoms with E-state index in [0.717, 1.165) is 25.0 Å². The summed E-state index contributed by atoms with van der Waals surface area (Å²) in [5.74, 6) is 0.969. The third-order valence-corrected chi connectivity index (χ3v) is 5.09. The van der Waals surface area contributed by atoms with E-state index in [-0.39, 0.29) is 48.0 Å². The summed E-state index contributed by atoms with van der Waals surface area (Å²) < 4.78 is 6.61. The molecular formula is C23H27AlLiNO. The molecule has 0 radical (unpaired) electrons.